The summed E-state index contributed by atoms with van der Waals surface area (Å²) >= 11 is 1.58. The summed E-state index contributed by atoms with van der Waals surface area (Å²) < 4.78 is 0. The molecule has 4 N–H and O–H groups in total. The van der Waals surface area contributed by atoms with E-state index in [0.29, 0.717) is 23.9 Å². The number of aryl methyl sites for hydroxylation is 2. The van der Waals surface area contributed by atoms with Gasteiger partial charge in [0.05, 0.1) is 5.69 Å². The number of thiazole rings is 1. The van der Waals surface area contributed by atoms with E-state index < -0.39 is 0 Å². The van der Waals surface area contributed by atoms with E-state index in [9.17, 15) is 0 Å². The van der Waals surface area contributed by atoms with Crippen LogP contribution in [0.2, 0.25) is 0 Å². The lowest BCUT2D eigenvalue weighted by Crippen LogP contribution is -2.08. The smallest absolute Gasteiger partial charge is 0.188 e. The quantitative estimate of drug-likeness (QED) is 0.665. The van der Waals surface area contributed by atoms with Crippen molar-refractivity contribution in [2.24, 2.45) is 0 Å². The number of nitrogens with two attached hydrogens (primary N) is 1. The van der Waals surface area contributed by atoms with Crippen molar-refractivity contribution in [1.29, 1.82) is 0 Å². The van der Waals surface area contributed by atoms with E-state index in [1.165, 1.54) is 11.2 Å². The number of benzene rings is 1. The van der Waals surface area contributed by atoms with Crippen molar-refractivity contribution in [3.63, 3.8) is 0 Å². The second kappa shape index (κ2) is 6.62. The van der Waals surface area contributed by atoms with Crippen LogP contribution in [-0.4, -0.2) is 15.0 Å². The summed E-state index contributed by atoms with van der Waals surface area (Å²) in [6.07, 6.45) is 1.49. The highest BCUT2D eigenvalue weighted by molar-refractivity contribution is 7.15. The second-order valence-electron chi connectivity index (χ2n) is 5.11. The number of nitrogen functional groups attached to an aromatic ring is 1. The van der Waals surface area contributed by atoms with Crippen molar-refractivity contribution < 1.29 is 0 Å². The molecular weight excluding hydrogens is 308 g/mol. The molecule has 0 bridgehead atoms. The zero-order chi connectivity index (χ0) is 16.2. The molecule has 0 saturated carbocycles. The van der Waals surface area contributed by atoms with Gasteiger partial charge in [0.25, 0.3) is 0 Å². The van der Waals surface area contributed by atoms with Gasteiger partial charge in [0.2, 0.25) is 0 Å². The van der Waals surface area contributed by atoms with Gasteiger partial charge < -0.3 is 16.4 Å². The molecule has 6 nitrogen and oxygen atoms in total. The first-order valence-electron chi connectivity index (χ1n) is 7.23. The Balaban J connectivity index is 1.75. The van der Waals surface area contributed by atoms with E-state index >= 15 is 0 Å². The molecule has 0 amide bonds. The fourth-order valence-electron chi connectivity index (χ4n) is 2.05. The Morgan fingerprint density at radius 2 is 1.83 bits per heavy atom. The number of hydrogen-bond acceptors (Lipinski definition) is 7. The summed E-state index contributed by atoms with van der Waals surface area (Å²) in [4.78, 5) is 14.0. The number of nitrogens with one attached hydrogen (secondary N) is 2. The maximum atomic E-state index is 6.17. The van der Waals surface area contributed by atoms with Gasteiger partial charge in [-0.2, -0.15) is 0 Å². The van der Waals surface area contributed by atoms with Crippen molar-refractivity contribution >= 4 is 33.8 Å². The van der Waals surface area contributed by atoms with Crippen LogP contribution in [0.25, 0.3) is 0 Å². The molecule has 7 heteroatoms. The van der Waals surface area contributed by atoms with Crippen molar-refractivity contribution in [3.05, 3.63) is 52.8 Å². The minimum absolute atomic E-state index is 0.480. The zero-order valence-corrected chi connectivity index (χ0v) is 13.8. The first-order valence-corrected chi connectivity index (χ1v) is 8.04. The van der Waals surface area contributed by atoms with Crippen molar-refractivity contribution in [2.45, 2.75) is 20.4 Å². The van der Waals surface area contributed by atoms with Crippen LogP contribution < -0.4 is 16.4 Å². The summed E-state index contributed by atoms with van der Waals surface area (Å²) in [5, 5.41) is 7.18. The molecule has 0 radical (unpaired) electrons. The van der Waals surface area contributed by atoms with Crippen molar-refractivity contribution in [3.8, 4) is 0 Å². The van der Waals surface area contributed by atoms with Crippen LogP contribution in [0.15, 0.2) is 36.7 Å². The molecule has 0 unspecified atom stereocenters. The molecule has 0 aliphatic heterocycles. The van der Waals surface area contributed by atoms with Crippen LogP contribution in [0.1, 0.15) is 16.1 Å². The Labute approximate surface area is 138 Å². The normalized spacial score (nSPS) is 10.5. The Bertz CT molecular complexity index is 780. The second-order valence-corrected chi connectivity index (χ2v) is 6.31. The van der Waals surface area contributed by atoms with Crippen molar-refractivity contribution in [2.75, 3.05) is 16.4 Å². The predicted octanol–water partition coefficient (Wildman–Crippen LogP) is 3.49. The minimum atomic E-state index is 0.480. The summed E-state index contributed by atoms with van der Waals surface area (Å²) in [5.41, 5.74) is 8.81. The number of nitrogens with zero attached hydrogens (tertiary/aromatic N) is 3. The van der Waals surface area contributed by atoms with Crippen LogP contribution in [0.3, 0.4) is 0 Å². The lowest BCUT2D eigenvalue weighted by molar-refractivity contribution is 1.08. The molecule has 1 aromatic carbocycles. The summed E-state index contributed by atoms with van der Waals surface area (Å²) in [7, 11) is 0. The standard InChI is InChI=1S/C16H18N6S/c1-10-11(2)23-16(21-10)22-15-13(17)14(19-9-20-15)18-8-12-6-4-3-5-7-12/h3-7,9H,8,17H2,1-2H3,(H2,18,19,20,21,22). The number of aromatic nitrogens is 3. The highest BCUT2D eigenvalue weighted by atomic mass is 32.1. The molecule has 23 heavy (non-hydrogen) atoms. The molecule has 0 atom stereocenters. The van der Waals surface area contributed by atoms with Gasteiger partial charge in [-0.15, -0.1) is 11.3 Å². The van der Waals surface area contributed by atoms with Crippen LogP contribution in [0, 0.1) is 13.8 Å². The highest BCUT2D eigenvalue weighted by Gasteiger charge is 2.10. The first-order chi connectivity index (χ1) is 11.1. The molecular formula is C16H18N6S. The third kappa shape index (κ3) is 3.57. The maximum Gasteiger partial charge on any atom is 0.188 e. The predicted molar refractivity (Wildman–Crippen MR) is 95.1 cm³/mol. The van der Waals surface area contributed by atoms with Crippen LogP contribution in [0.5, 0.6) is 0 Å². The molecule has 118 valence electrons. The van der Waals surface area contributed by atoms with E-state index in [-0.39, 0.29) is 0 Å². The highest BCUT2D eigenvalue weighted by Crippen LogP contribution is 2.29. The van der Waals surface area contributed by atoms with E-state index in [4.69, 9.17) is 5.73 Å². The molecule has 3 rings (SSSR count). The lowest BCUT2D eigenvalue weighted by Gasteiger charge is -2.11. The molecule has 3 aromatic rings. The van der Waals surface area contributed by atoms with Gasteiger partial charge in [0, 0.05) is 11.4 Å². The minimum Gasteiger partial charge on any atom is -0.393 e. The average Bonchev–Trinajstić information content (AvgIpc) is 2.87. The molecule has 2 heterocycles. The Morgan fingerprint density at radius 3 is 2.52 bits per heavy atom. The molecule has 0 fully saturated rings. The van der Waals surface area contributed by atoms with Crippen molar-refractivity contribution in [1.82, 2.24) is 15.0 Å². The zero-order valence-electron chi connectivity index (χ0n) is 13.0. The lowest BCUT2D eigenvalue weighted by atomic mass is 10.2. The van der Waals surface area contributed by atoms with E-state index in [1.807, 2.05) is 44.2 Å². The van der Waals surface area contributed by atoms with Gasteiger partial charge in [0.1, 0.15) is 12.0 Å². The van der Waals surface area contributed by atoms with Gasteiger partial charge in [-0.1, -0.05) is 30.3 Å². The summed E-state index contributed by atoms with van der Waals surface area (Å²) in [5.74, 6) is 1.17. The van der Waals surface area contributed by atoms with Gasteiger partial charge >= 0.3 is 0 Å². The van der Waals surface area contributed by atoms with Crippen LogP contribution in [-0.2, 0) is 6.54 Å². The fraction of sp³-hybridized carbons (Fsp3) is 0.188. The topological polar surface area (TPSA) is 88.8 Å². The molecule has 0 saturated heterocycles. The fourth-order valence-corrected chi connectivity index (χ4v) is 2.86. The molecule has 0 aliphatic rings. The van der Waals surface area contributed by atoms with E-state index in [0.717, 1.165) is 16.4 Å². The van der Waals surface area contributed by atoms with Gasteiger partial charge in [0.15, 0.2) is 16.8 Å². The Morgan fingerprint density at radius 1 is 1.09 bits per heavy atom. The van der Waals surface area contributed by atoms with Crippen LogP contribution in [0.4, 0.5) is 22.5 Å². The van der Waals surface area contributed by atoms with Crippen LogP contribution >= 0.6 is 11.3 Å². The number of rotatable bonds is 5. The van der Waals surface area contributed by atoms with Gasteiger partial charge in [-0.3, -0.25) is 0 Å². The monoisotopic (exact) mass is 326 g/mol. The number of anilines is 4. The summed E-state index contributed by atoms with van der Waals surface area (Å²) in [6, 6.07) is 10.1. The van der Waals surface area contributed by atoms with Gasteiger partial charge in [-0.25, -0.2) is 15.0 Å². The SMILES string of the molecule is Cc1nc(Nc2ncnc(NCc3ccccc3)c2N)sc1C. The number of hydrogen-bond donors (Lipinski definition) is 3. The average molecular weight is 326 g/mol. The largest absolute Gasteiger partial charge is 0.393 e. The third-order valence-electron chi connectivity index (χ3n) is 3.44. The van der Waals surface area contributed by atoms with E-state index in [1.54, 1.807) is 11.3 Å². The molecule has 0 aliphatic carbocycles. The molecule has 0 spiro atoms. The Hall–Kier alpha value is -2.67. The van der Waals surface area contributed by atoms with E-state index in [2.05, 4.69) is 25.6 Å². The Kier molecular flexibility index (Phi) is 4.38. The maximum absolute atomic E-state index is 6.17. The third-order valence-corrected chi connectivity index (χ3v) is 4.43. The molecule has 2 aromatic heterocycles. The summed E-state index contributed by atoms with van der Waals surface area (Å²) in [6.45, 7) is 4.67. The first kappa shape index (κ1) is 15.2. The van der Waals surface area contributed by atoms with Gasteiger partial charge in [-0.05, 0) is 19.4 Å².